The summed E-state index contributed by atoms with van der Waals surface area (Å²) in [6, 6.07) is 8.49. The Labute approximate surface area is 116 Å². The molecule has 1 atom stereocenters. The fraction of sp³-hybridized carbons (Fsp3) is 0.625. The maximum Gasteiger partial charge on any atom is 0.119 e. The van der Waals surface area contributed by atoms with Gasteiger partial charge in [0.25, 0.3) is 0 Å². The monoisotopic (exact) mass is 262 g/mol. The summed E-state index contributed by atoms with van der Waals surface area (Å²) in [6.07, 6.45) is 5.52. The Morgan fingerprint density at radius 2 is 2.26 bits per heavy atom. The molecule has 1 unspecified atom stereocenters. The highest BCUT2D eigenvalue weighted by Gasteiger charge is 2.17. The number of rotatable bonds is 8. The Morgan fingerprint density at radius 1 is 1.42 bits per heavy atom. The molecule has 1 aromatic rings. The van der Waals surface area contributed by atoms with Gasteiger partial charge in [-0.1, -0.05) is 31.4 Å². The van der Waals surface area contributed by atoms with Gasteiger partial charge in [0, 0.05) is 12.6 Å². The first-order valence-electron chi connectivity index (χ1n) is 7.49. The molecule has 3 N–H and O–H groups in total. The van der Waals surface area contributed by atoms with Crippen LogP contribution in [0.2, 0.25) is 0 Å². The fourth-order valence-electron chi connectivity index (χ4n) is 2.57. The van der Waals surface area contributed by atoms with E-state index in [1.165, 1.54) is 31.2 Å². The summed E-state index contributed by atoms with van der Waals surface area (Å²) in [5.41, 5.74) is 7.11. The van der Waals surface area contributed by atoms with Gasteiger partial charge in [-0.15, -0.1) is 0 Å². The molecule has 0 heterocycles. The molecule has 0 bridgehead atoms. The van der Waals surface area contributed by atoms with Crippen LogP contribution in [0, 0.1) is 5.92 Å². The van der Waals surface area contributed by atoms with Crippen LogP contribution in [0.3, 0.4) is 0 Å². The summed E-state index contributed by atoms with van der Waals surface area (Å²) >= 11 is 0. The van der Waals surface area contributed by atoms with Crippen LogP contribution in [0.15, 0.2) is 24.3 Å². The molecule has 1 aromatic carbocycles. The zero-order valence-electron chi connectivity index (χ0n) is 11.9. The molecular formula is C16H26N2O. The van der Waals surface area contributed by atoms with Crippen molar-refractivity contribution in [3.8, 4) is 5.75 Å². The molecule has 0 radical (unpaired) electrons. The van der Waals surface area contributed by atoms with Gasteiger partial charge >= 0.3 is 0 Å². The summed E-state index contributed by atoms with van der Waals surface area (Å²) in [5, 5.41) is 3.57. The molecule has 1 saturated carbocycles. The smallest absolute Gasteiger partial charge is 0.119 e. The number of ether oxygens (including phenoxy) is 1. The first-order chi connectivity index (χ1) is 9.33. The highest BCUT2D eigenvalue weighted by molar-refractivity contribution is 5.30. The largest absolute Gasteiger partial charge is 0.494 e. The van der Waals surface area contributed by atoms with E-state index in [1.54, 1.807) is 0 Å². The second-order valence-corrected chi connectivity index (χ2v) is 5.33. The summed E-state index contributed by atoms with van der Waals surface area (Å²) in [4.78, 5) is 0. The minimum absolute atomic E-state index is 0.237. The Morgan fingerprint density at radius 3 is 2.89 bits per heavy atom. The van der Waals surface area contributed by atoms with Gasteiger partial charge in [0.2, 0.25) is 0 Å². The number of benzene rings is 1. The molecule has 19 heavy (non-hydrogen) atoms. The van der Waals surface area contributed by atoms with Crippen LogP contribution in [-0.2, 0) is 0 Å². The molecule has 1 aliphatic carbocycles. The van der Waals surface area contributed by atoms with Crippen LogP contribution < -0.4 is 15.8 Å². The molecule has 3 nitrogen and oxygen atoms in total. The highest BCUT2D eigenvalue weighted by atomic mass is 16.5. The second kappa shape index (κ2) is 7.51. The van der Waals surface area contributed by atoms with E-state index >= 15 is 0 Å². The molecule has 2 rings (SSSR count). The fourth-order valence-corrected chi connectivity index (χ4v) is 2.57. The van der Waals surface area contributed by atoms with Crippen molar-refractivity contribution in [3.63, 3.8) is 0 Å². The molecule has 0 aromatic heterocycles. The molecule has 0 saturated heterocycles. The predicted octanol–water partition coefficient (Wildman–Crippen LogP) is 2.86. The molecule has 3 heteroatoms. The van der Waals surface area contributed by atoms with Crippen molar-refractivity contribution in [2.75, 3.05) is 19.7 Å². The van der Waals surface area contributed by atoms with Gasteiger partial charge in [-0.05, 0) is 43.5 Å². The van der Waals surface area contributed by atoms with Crippen molar-refractivity contribution in [1.29, 1.82) is 0 Å². The quantitative estimate of drug-likeness (QED) is 0.757. The Balaban J connectivity index is 1.86. The predicted molar refractivity (Wildman–Crippen MR) is 79.4 cm³/mol. The Kier molecular flexibility index (Phi) is 5.67. The molecule has 0 spiro atoms. The van der Waals surface area contributed by atoms with E-state index in [0.29, 0.717) is 13.2 Å². The van der Waals surface area contributed by atoms with E-state index in [1.807, 2.05) is 19.1 Å². The van der Waals surface area contributed by atoms with E-state index < -0.39 is 0 Å². The van der Waals surface area contributed by atoms with E-state index in [9.17, 15) is 0 Å². The van der Waals surface area contributed by atoms with Crippen molar-refractivity contribution >= 4 is 0 Å². The third-order valence-corrected chi connectivity index (χ3v) is 3.98. The lowest BCUT2D eigenvalue weighted by atomic mass is 9.83. The molecular weight excluding hydrogens is 236 g/mol. The lowest BCUT2D eigenvalue weighted by Gasteiger charge is -2.26. The van der Waals surface area contributed by atoms with E-state index in [-0.39, 0.29) is 6.04 Å². The topological polar surface area (TPSA) is 47.3 Å². The summed E-state index contributed by atoms with van der Waals surface area (Å²) in [6.45, 7) is 4.39. The third-order valence-electron chi connectivity index (χ3n) is 3.98. The minimum atomic E-state index is 0.237. The SMILES string of the molecule is CCOc1cccc(C(CN)NCCC2CCC2)c1. The van der Waals surface area contributed by atoms with Gasteiger partial charge in [0.15, 0.2) is 0 Å². The van der Waals surface area contributed by atoms with E-state index in [4.69, 9.17) is 10.5 Å². The summed E-state index contributed by atoms with van der Waals surface area (Å²) < 4.78 is 5.54. The minimum Gasteiger partial charge on any atom is -0.494 e. The van der Waals surface area contributed by atoms with Crippen molar-refractivity contribution in [1.82, 2.24) is 5.32 Å². The summed E-state index contributed by atoms with van der Waals surface area (Å²) in [5.74, 6) is 1.87. The number of nitrogens with one attached hydrogen (secondary N) is 1. The lowest BCUT2D eigenvalue weighted by Crippen LogP contribution is -2.30. The van der Waals surface area contributed by atoms with Crippen LogP contribution in [0.4, 0.5) is 0 Å². The van der Waals surface area contributed by atoms with Crippen molar-refractivity contribution in [3.05, 3.63) is 29.8 Å². The normalized spacial score (nSPS) is 16.9. The van der Waals surface area contributed by atoms with Crippen molar-refractivity contribution < 1.29 is 4.74 Å². The second-order valence-electron chi connectivity index (χ2n) is 5.33. The summed E-state index contributed by atoms with van der Waals surface area (Å²) in [7, 11) is 0. The third kappa shape index (κ3) is 4.22. The van der Waals surface area contributed by atoms with Gasteiger partial charge in [-0.25, -0.2) is 0 Å². The maximum atomic E-state index is 5.89. The number of hydrogen-bond donors (Lipinski definition) is 2. The zero-order valence-corrected chi connectivity index (χ0v) is 11.9. The zero-order chi connectivity index (χ0) is 13.5. The van der Waals surface area contributed by atoms with Crippen LogP contribution in [0.1, 0.15) is 44.2 Å². The average Bonchev–Trinajstić information content (AvgIpc) is 2.37. The molecule has 0 aliphatic heterocycles. The van der Waals surface area contributed by atoms with Gasteiger partial charge in [-0.3, -0.25) is 0 Å². The van der Waals surface area contributed by atoms with Gasteiger partial charge < -0.3 is 15.8 Å². The average molecular weight is 262 g/mol. The number of nitrogens with two attached hydrogens (primary N) is 1. The van der Waals surface area contributed by atoms with E-state index in [0.717, 1.165) is 18.2 Å². The van der Waals surface area contributed by atoms with Gasteiger partial charge in [0.1, 0.15) is 5.75 Å². The standard InChI is InChI=1S/C16H26N2O/c1-2-19-15-8-4-7-14(11-15)16(12-17)18-10-9-13-5-3-6-13/h4,7-8,11,13,16,18H,2-3,5-6,9-10,12,17H2,1H3. The maximum absolute atomic E-state index is 5.89. The van der Waals surface area contributed by atoms with Crippen LogP contribution in [0.5, 0.6) is 5.75 Å². The molecule has 1 aliphatic rings. The first-order valence-corrected chi connectivity index (χ1v) is 7.49. The van der Waals surface area contributed by atoms with Crippen molar-refractivity contribution in [2.45, 2.75) is 38.6 Å². The van der Waals surface area contributed by atoms with Crippen LogP contribution >= 0.6 is 0 Å². The lowest BCUT2D eigenvalue weighted by molar-refractivity contribution is 0.287. The molecule has 0 amide bonds. The van der Waals surface area contributed by atoms with Gasteiger partial charge in [0.05, 0.1) is 6.61 Å². The van der Waals surface area contributed by atoms with Gasteiger partial charge in [-0.2, -0.15) is 0 Å². The van der Waals surface area contributed by atoms with Crippen LogP contribution in [-0.4, -0.2) is 19.7 Å². The molecule has 1 fully saturated rings. The van der Waals surface area contributed by atoms with Crippen molar-refractivity contribution in [2.24, 2.45) is 11.7 Å². The molecule has 106 valence electrons. The van der Waals surface area contributed by atoms with E-state index in [2.05, 4.69) is 17.4 Å². The Hall–Kier alpha value is -1.06. The van der Waals surface area contributed by atoms with Crippen LogP contribution in [0.25, 0.3) is 0 Å². The Bertz CT molecular complexity index is 377. The first kappa shape index (κ1) is 14.4. The highest BCUT2D eigenvalue weighted by Crippen LogP contribution is 2.29. The number of hydrogen-bond acceptors (Lipinski definition) is 3.